The van der Waals surface area contributed by atoms with Crippen LogP contribution in [0.5, 0.6) is 5.75 Å². The smallest absolute Gasteiger partial charge is 0.419 e. The van der Waals surface area contributed by atoms with Crippen LogP contribution in [0.4, 0.5) is 13.2 Å². The van der Waals surface area contributed by atoms with E-state index < -0.39 is 12.1 Å². The van der Waals surface area contributed by atoms with E-state index in [9.17, 15) is 18.0 Å². The Balaban J connectivity index is 2.26. The molecule has 0 fully saturated rings. The van der Waals surface area contributed by atoms with Crippen LogP contribution in [0, 0.1) is 0 Å². The van der Waals surface area contributed by atoms with E-state index in [0.29, 0.717) is 5.39 Å². The zero-order chi connectivity index (χ0) is 16.9. The molecule has 2 aromatic rings. The summed E-state index contributed by atoms with van der Waals surface area (Å²) in [5.74, 6) is -1.33. The molecule has 0 radical (unpaired) electrons. The zero-order valence-electron chi connectivity index (χ0n) is 12.7. The van der Waals surface area contributed by atoms with Crippen molar-refractivity contribution in [3.05, 3.63) is 36.4 Å². The first-order valence-electron chi connectivity index (χ1n) is 7.37. The Morgan fingerprint density at radius 3 is 2.43 bits per heavy atom. The number of hydrogen-bond donors (Lipinski definition) is 0. The summed E-state index contributed by atoms with van der Waals surface area (Å²) in [5.41, 5.74) is 0. The van der Waals surface area contributed by atoms with Gasteiger partial charge in [0.2, 0.25) is 0 Å². The van der Waals surface area contributed by atoms with Gasteiger partial charge in [0.1, 0.15) is 5.75 Å². The molecule has 0 unspecified atom stereocenters. The fraction of sp³-hybridized carbons (Fsp3) is 0.353. The van der Waals surface area contributed by atoms with Gasteiger partial charge < -0.3 is 4.74 Å². The van der Waals surface area contributed by atoms with Crippen molar-refractivity contribution in [2.75, 3.05) is 5.75 Å². The van der Waals surface area contributed by atoms with Crippen molar-refractivity contribution in [3.8, 4) is 5.75 Å². The normalized spacial score (nSPS) is 11.7. The van der Waals surface area contributed by atoms with E-state index in [1.807, 2.05) is 12.1 Å². The fourth-order valence-corrected chi connectivity index (χ4v) is 3.22. The maximum atomic E-state index is 12.4. The van der Waals surface area contributed by atoms with Gasteiger partial charge in [0.25, 0.3) is 0 Å². The van der Waals surface area contributed by atoms with Crippen LogP contribution in [-0.4, -0.2) is 17.9 Å². The highest BCUT2D eigenvalue weighted by Gasteiger charge is 2.41. The number of unbranched alkanes of at least 4 members (excludes halogenated alkanes) is 2. The minimum Gasteiger partial charge on any atom is -0.419 e. The molecule has 2 rings (SSSR count). The monoisotopic (exact) mass is 342 g/mol. The first-order chi connectivity index (χ1) is 10.9. The molecule has 124 valence electrons. The number of thioether (sulfide) groups is 1. The van der Waals surface area contributed by atoms with Gasteiger partial charge in [-0.05, 0) is 29.7 Å². The molecule has 0 atom stereocenters. The predicted octanol–water partition coefficient (Wildman–Crippen LogP) is 5.59. The number of halogens is 3. The lowest BCUT2D eigenvalue weighted by Gasteiger charge is -2.12. The summed E-state index contributed by atoms with van der Waals surface area (Å²) in [5, 5.41) is 1.30. The maximum Gasteiger partial charge on any atom is 0.491 e. The van der Waals surface area contributed by atoms with Crippen molar-refractivity contribution >= 4 is 28.5 Å². The average Bonchev–Trinajstić information content (AvgIpc) is 2.52. The second-order valence-corrected chi connectivity index (χ2v) is 6.19. The number of carbonyl (C=O) groups is 1. The Kier molecular flexibility index (Phi) is 5.93. The predicted molar refractivity (Wildman–Crippen MR) is 85.9 cm³/mol. The number of benzene rings is 2. The Bertz CT molecular complexity index is 683. The molecule has 2 aromatic carbocycles. The van der Waals surface area contributed by atoms with Gasteiger partial charge >= 0.3 is 12.1 Å². The highest BCUT2D eigenvalue weighted by atomic mass is 32.2. The number of ether oxygens (including phenoxy) is 1. The summed E-state index contributed by atoms with van der Waals surface area (Å²) in [4.78, 5) is 12.0. The molecule has 0 saturated heterocycles. The highest BCUT2D eigenvalue weighted by Crippen LogP contribution is 2.35. The van der Waals surface area contributed by atoms with E-state index in [2.05, 4.69) is 11.7 Å². The van der Waals surface area contributed by atoms with E-state index >= 15 is 0 Å². The molecule has 0 saturated carbocycles. The van der Waals surface area contributed by atoms with Crippen LogP contribution in [0.3, 0.4) is 0 Å². The molecule has 23 heavy (non-hydrogen) atoms. The minimum atomic E-state index is -5.01. The molecular weight excluding hydrogens is 325 g/mol. The van der Waals surface area contributed by atoms with E-state index in [1.54, 1.807) is 30.0 Å². The molecule has 0 aromatic heterocycles. The van der Waals surface area contributed by atoms with Gasteiger partial charge in [0.05, 0.1) is 0 Å². The second-order valence-electron chi connectivity index (χ2n) is 5.05. The first-order valence-corrected chi connectivity index (χ1v) is 8.35. The molecule has 0 amide bonds. The lowest BCUT2D eigenvalue weighted by Crippen LogP contribution is -2.28. The van der Waals surface area contributed by atoms with Crippen molar-refractivity contribution in [1.82, 2.24) is 0 Å². The van der Waals surface area contributed by atoms with Crippen LogP contribution in [-0.2, 0) is 4.79 Å². The molecule has 0 aliphatic rings. The van der Waals surface area contributed by atoms with Crippen LogP contribution < -0.4 is 4.74 Å². The van der Waals surface area contributed by atoms with Crippen LogP contribution in [0.15, 0.2) is 41.3 Å². The summed E-state index contributed by atoms with van der Waals surface area (Å²) in [7, 11) is 0. The van der Waals surface area contributed by atoms with E-state index in [1.165, 1.54) is 6.07 Å². The van der Waals surface area contributed by atoms with Gasteiger partial charge in [-0.2, -0.15) is 13.2 Å². The third kappa shape index (κ3) is 4.64. The molecule has 6 heteroatoms. The van der Waals surface area contributed by atoms with Gasteiger partial charge in [0, 0.05) is 10.3 Å². The Labute approximate surface area is 137 Å². The van der Waals surface area contributed by atoms with Crippen LogP contribution in [0.1, 0.15) is 26.2 Å². The topological polar surface area (TPSA) is 26.3 Å². The largest absolute Gasteiger partial charge is 0.491 e. The molecule has 0 aliphatic carbocycles. The Morgan fingerprint density at radius 1 is 1.09 bits per heavy atom. The van der Waals surface area contributed by atoms with Crippen molar-refractivity contribution in [2.45, 2.75) is 37.3 Å². The lowest BCUT2D eigenvalue weighted by molar-refractivity contribution is -0.189. The number of fused-ring (bicyclic) bond motifs is 1. The summed E-state index contributed by atoms with van der Waals surface area (Å²) in [6, 6.07) is 10.1. The molecule has 0 spiro atoms. The van der Waals surface area contributed by atoms with Crippen molar-refractivity contribution < 1.29 is 22.7 Å². The molecule has 0 bridgehead atoms. The fourth-order valence-electron chi connectivity index (χ4n) is 2.15. The summed E-state index contributed by atoms with van der Waals surface area (Å²) >= 11 is 1.66. The Hall–Kier alpha value is -1.69. The van der Waals surface area contributed by atoms with Gasteiger partial charge in [-0.1, -0.05) is 44.0 Å². The molecule has 0 aliphatic heterocycles. The maximum absolute atomic E-state index is 12.4. The summed E-state index contributed by atoms with van der Waals surface area (Å²) in [6.07, 6.45) is -1.64. The third-order valence-corrected chi connectivity index (χ3v) is 4.44. The van der Waals surface area contributed by atoms with Gasteiger partial charge in [-0.15, -0.1) is 11.8 Å². The number of hydrogen-bond acceptors (Lipinski definition) is 3. The first kappa shape index (κ1) is 17.7. The Morgan fingerprint density at radius 2 is 1.78 bits per heavy atom. The molecular formula is C17H17F3O2S. The third-order valence-electron chi connectivity index (χ3n) is 3.28. The van der Waals surface area contributed by atoms with Gasteiger partial charge in [0.15, 0.2) is 0 Å². The number of carbonyl (C=O) groups excluding carboxylic acids is 1. The van der Waals surface area contributed by atoms with Gasteiger partial charge in [-0.3, -0.25) is 0 Å². The van der Waals surface area contributed by atoms with E-state index in [4.69, 9.17) is 0 Å². The minimum absolute atomic E-state index is 0.0687. The average molecular weight is 342 g/mol. The SMILES string of the molecule is CCCCCSc1ccc(OC(=O)C(F)(F)F)c2ccccc12. The standard InChI is InChI=1S/C17H17F3O2S/c1-2-3-6-11-23-15-10-9-14(22-16(21)17(18,19)20)12-7-4-5-8-13(12)15/h4-5,7-10H,2-3,6,11H2,1H3. The number of rotatable bonds is 6. The number of esters is 1. The van der Waals surface area contributed by atoms with E-state index in [-0.39, 0.29) is 5.75 Å². The second kappa shape index (κ2) is 7.73. The molecule has 0 heterocycles. The summed E-state index contributed by atoms with van der Waals surface area (Å²) < 4.78 is 41.6. The number of alkyl halides is 3. The molecule has 0 N–H and O–H groups in total. The van der Waals surface area contributed by atoms with Crippen molar-refractivity contribution in [3.63, 3.8) is 0 Å². The lowest BCUT2D eigenvalue weighted by atomic mass is 10.1. The van der Waals surface area contributed by atoms with Crippen molar-refractivity contribution in [2.24, 2.45) is 0 Å². The van der Waals surface area contributed by atoms with E-state index in [0.717, 1.165) is 35.3 Å². The highest BCUT2D eigenvalue weighted by molar-refractivity contribution is 7.99. The quantitative estimate of drug-likeness (QED) is 0.296. The molecule has 2 nitrogen and oxygen atoms in total. The van der Waals surface area contributed by atoms with Gasteiger partial charge in [-0.25, -0.2) is 4.79 Å². The van der Waals surface area contributed by atoms with Crippen LogP contribution in [0.25, 0.3) is 10.8 Å². The summed E-state index contributed by atoms with van der Waals surface area (Å²) in [6.45, 7) is 2.13. The van der Waals surface area contributed by atoms with Crippen LogP contribution >= 0.6 is 11.8 Å². The zero-order valence-corrected chi connectivity index (χ0v) is 13.5. The van der Waals surface area contributed by atoms with Crippen LogP contribution in [0.2, 0.25) is 0 Å². The van der Waals surface area contributed by atoms with Crippen molar-refractivity contribution in [1.29, 1.82) is 0 Å².